The number of halogens is 1. The van der Waals surface area contributed by atoms with Gasteiger partial charge >= 0.3 is 0 Å². The normalized spacial score (nSPS) is 19.5. The van der Waals surface area contributed by atoms with Crippen LogP contribution in [0.5, 0.6) is 0 Å². The molecule has 2 heterocycles. The van der Waals surface area contributed by atoms with Crippen LogP contribution in [-0.4, -0.2) is 43.9 Å². The van der Waals surface area contributed by atoms with Gasteiger partial charge in [0.25, 0.3) is 0 Å². The van der Waals surface area contributed by atoms with E-state index in [-0.39, 0.29) is 15.6 Å². The Balaban J connectivity index is 2.15. The minimum Gasteiger partial charge on any atom is -0.452 e. The number of furan rings is 1. The smallest absolute Gasteiger partial charge is 0.247 e. The van der Waals surface area contributed by atoms with Gasteiger partial charge in [0, 0.05) is 24.9 Å². The van der Waals surface area contributed by atoms with E-state index in [0.29, 0.717) is 12.3 Å². The maximum Gasteiger partial charge on any atom is 0.247 e. The molecule has 0 saturated carbocycles. The number of hydrogen-bond acceptors (Lipinski definition) is 5. The highest BCUT2D eigenvalue weighted by Gasteiger charge is 2.33. The quantitative estimate of drug-likeness (QED) is 0.717. The Labute approximate surface area is 139 Å². The van der Waals surface area contributed by atoms with Crippen LogP contribution in [0.25, 0.3) is 0 Å². The lowest BCUT2D eigenvalue weighted by molar-refractivity contribution is 0.392. The van der Waals surface area contributed by atoms with E-state index in [2.05, 4.69) is 28.2 Å². The molecule has 1 aliphatic rings. The molecular formula is C13H21BrN2O3S2. The van der Waals surface area contributed by atoms with Crippen molar-refractivity contribution < 1.29 is 12.8 Å². The lowest BCUT2D eigenvalue weighted by Gasteiger charge is -2.22. The third kappa shape index (κ3) is 4.04. The summed E-state index contributed by atoms with van der Waals surface area (Å²) in [5.74, 6) is 2.50. The third-order valence-electron chi connectivity index (χ3n) is 3.51. The van der Waals surface area contributed by atoms with Gasteiger partial charge in [0.2, 0.25) is 10.0 Å². The first-order valence-corrected chi connectivity index (χ1v) is 10.4. The molecule has 1 saturated heterocycles. The highest BCUT2D eigenvalue weighted by molar-refractivity contribution is 9.10. The molecule has 2 rings (SSSR count). The maximum absolute atomic E-state index is 12.7. The van der Waals surface area contributed by atoms with Crippen LogP contribution in [0.4, 0.5) is 0 Å². The number of nitrogens with one attached hydrogen (secondary N) is 1. The molecule has 1 atom stereocenters. The van der Waals surface area contributed by atoms with Crippen molar-refractivity contribution in [1.82, 2.24) is 9.62 Å². The lowest BCUT2D eigenvalue weighted by Crippen LogP contribution is -2.36. The van der Waals surface area contributed by atoms with Gasteiger partial charge in [-0.25, -0.2) is 8.42 Å². The summed E-state index contributed by atoms with van der Waals surface area (Å²) in [6.45, 7) is 3.49. The zero-order valence-corrected chi connectivity index (χ0v) is 15.5. The minimum absolute atomic E-state index is 0.0727. The van der Waals surface area contributed by atoms with Crippen LogP contribution < -0.4 is 5.32 Å². The predicted octanol–water partition coefficient (Wildman–Crippen LogP) is 2.67. The Morgan fingerprint density at radius 1 is 1.57 bits per heavy atom. The molecule has 21 heavy (non-hydrogen) atoms. The van der Waals surface area contributed by atoms with Gasteiger partial charge in [0.05, 0.1) is 6.54 Å². The van der Waals surface area contributed by atoms with Crippen LogP contribution in [0.3, 0.4) is 0 Å². The number of nitrogens with zero attached hydrogens (tertiary/aromatic N) is 1. The van der Waals surface area contributed by atoms with E-state index in [0.717, 1.165) is 30.9 Å². The molecule has 0 radical (unpaired) electrons. The SMILES string of the molecule is CCCNCc1cc(S(=O)(=O)N(C)C2CCSC2)c(Br)o1. The zero-order chi connectivity index (χ0) is 15.5. The average molecular weight is 397 g/mol. The largest absolute Gasteiger partial charge is 0.452 e. The first-order chi connectivity index (χ1) is 9.96. The van der Waals surface area contributed by atoms with Crippen LogP contribution in [0.15, 0.2) is 20.0 Å². The summed E-state index contributed by atoms with van der Waals surface area (Å²) in [6, 6.07) is 1.68. The van der Waals surface area contributed by atoms with E-state index >= 15 is 0 Å². The van der Waals surface area contributed by atoms with Crippen molar-refractivity contribution in [3.05, 3.63) is 16.5 Å². The average Bonchev–Trinajstić information content (AvgIpc) is 3.08. The fourth-order valence-electron chi connectivity index (χ4n) is 2.21. The summed E-state index contributed by atoms with van der Waals surface area (Å²) in [4.78, 5) is 0.218. The second kappa shape index (κ2) is 7.50. The van der Waals surface area contributed by atoms with Gasteiger partial charge in [-0.2, -0.15) is 16.1 Å². The van der Waals surface area contributed by atoms with Gasteiger partial charge in [0.15, 0.2) is 4.67 Å². The summed E-state index contributed by atoms with van der Waals surface area (Å²) >= 11 is 5.03. The molecule has 1 N–H and O–H groups in total. The van der Waals surface area contributed by atoms with Gasteiger partial charge in [-0.1, -0.05) is 6.92 Å². The molecule has 0 bridgehead atoms. The number of thioether (sulfide) groups is 1. The standard InChI is InChI=1S/C13H21BrN2O3S2/c1-3-5-15-8-11-7-12(13(14)19-11)21(17,18)16(2)10-4-6-20-9-10/h7,10,15H,3-6,8-9H2,1-2H3. The van der Waals surface area contributed by atoms with Gasteiger partial charge in [-0.05, 0) is 41.1 Å². The van der Waals surface area contributed by atoms with E-state index in [1.54, 1.807) is 24.9 Å². The molecule has 5 nitrogen and oxygen atoms in total. The molecule has 0 aliphatic carbocycles. The topological polar surface area (TPSA) is 62.6 Å². The van der Waals surface area contributed by atoms with Crippen LogP contribution in [0.1, 0.15) is 25.5 Å². The van der Waals surface area contributed by atoms with Gasteiger partial charge in [-0.3, -0.25) is 0 Å². The first kappa shape index (κ1) is 17.3. The molecular weight excluding hydrogens is 376 g/mol. The molecule has 1 aromatic heterocycles. The Kier molecular flexibility index (Phi) is 6.19. The fraction of sp³-hybridized carbons (Fsp3) is 0.692. The monoisotopic (exact) mass is 396 g/mol. The van der Waals surface area contributed by atoms with Crippen LogP contribution in [0.2, 0.25) is 0 Å². The van der Waals surface area contributed by atoms with E-state index in [4.69, 9.17) is 4.42 Å². The summed E-state index contributed by atoms with van der Waals surface area (Å²) in [6.07, 6.45) is 1.93. The van der Waals surface area contributed by atoms with Crippen molar-refractivity contribution in [2.24, 2.45) is 0 Å². The van der Waals surface area contributed by atoms with Crippen molar-refractivity contribution in [3.63, 3.8) is 0 Å². The summed E-state index contributed by atoms with van der Waals surface area (Å²) in [5.41, 5.74) is 0. The Morgan fingerprint density at radius 2 is 2.33 bits per heavy atom. The molecule has 1 unspecified atom stereocenters. The molecule has 8 heteroatoms. The van der Waals surface area contributed by atoms with Crippen molar-refractivity contribution in [3.8, 4) is 0 Å². The minimum atomic E-state index is -3.51. The van der Waals surface area contributed by atoms with Crippen molar-refractivity contribution in [2.75, 3.05) is 25.1 Å². The molecule has 0 amide bonds. The van der Waals surface area contributed by atoms with Gasteiger partial charge < -0.3 is 9.73 Å². The van der Waals surface area contributed by atoms with Crippen molar-refractivity contribution in [1.29, 1.82) is 0 Å². The Hall–Kier alpha value is -0.0200. The van der Waals surface area contributed by atoms with E-state index in [9.17, 15) is 8.42 Å². The number of rotatable bonds is 7. The fourth-order valence-corrected chi connectivity index (χ4v) is 5.92. The highest BCUT2D eigenvalue weighted by Crippen LogP contribution is 2.31. The van der Waals surface area contributed by atoms with E-state index in [1.807, 2.05) is 0 Å². The van der Waals surface area contributed by atoms with Crippen molar-refractivity contribution in [2.45, 2.75) is 37.2 Å². The zero-order valence-electron chi connectivity index (χ0n) is 12.3. The predicted molar refractivity (Wildman–Crippen MR) is 89.1 cm³/mol. The number of hydrogen-bond donors (Lipinski definition) is 1. The van der Waals surface area contributed by atoms with Crippen LogP contribution in [0, 0.1) is 0 Å². The van der Waals surface area contributed by atoms with Crippen LogP contribution >= 0.6 is 27.7 Å². The molecule has 1 aromatic rings. The van der Waals surface area contributed by atoms with E-state index in [1.165, 1.54) is 4.31 Å². The second-order valence-electron chi connectivity index (χ2n) is 5.07. The van der Waals surface area contributed by atoms with Gasteiger partial charge in [-0.15, -0.1) is 0 Å². The third-order valence-corrected chi connectivity index (χ3v) is 7.42. The number of sulfonamides is 1. The Bertz CT molecular complexity index is 568. The molecule has 120 valence electrons. The summed E-state index contributed by atoms with van der Waals surface area (Å²) in [7, 11) is -1.86. The summed E-state index contributed by atoms with van der Waals surface area (Å²) < 4.78 is 32.6. The lowest BCUT2D eigenvalue weighted by atomic mass is 10.3. The van der Waals surface area contributed by atoms with Crippen molar-refractivity contribution >= 4 is 37.7 Å². The molecule has 0 aromatic carbocycles. The second-order valence-corrected chi connectivity index (χ2v) is 8.90. The van der Waals surface area contributed by atoms with Gasteiger partial charge in [0.1, 0.15) is 10.7 Å². The summed E-state index contributed by atoms with van der Waals surface area (Å²) in [5, 5.41) is 3.20. The Morgan fingerprint density at radius 3 is 2.95 bits per heavy atom. The maximum atomic E-state index is 12.7. The molecule has 1 aliphatic heterocycles. The molecule has 0 spiro atoms. The molecule has 1 fully saturated rings. The first-order valence-electron chi connectivity index (χ1n) is 7.01. The van der Waals surface area contributed by atoms with E-state index < -0.39 is 10.0 Å². The van der Waals surface area contributed by atoms with Crippen LogP contribution in [-0.2, 0) is 16.6 Å². The highest BCUT2D eigenvalue weighted by atomic mass is 79.9.